The molecule has 0 unspecified atom stereocenters. The van der Waals surface area contributed by atoms with Crippen LogP contribution in [0.15, 0.2) is 24.3 Å². The Morgan fingerprint density at radius 1 is 1.11 bits per heavy atom. The van der Waals surface area contributed by atoms with Gasteiger partial charge in [-0.2, -0.15) is 0 Å². The van der Waals surface area contributed by atoms with Crippen molar-refractivity contribution in [2.75, 3.05) is 38.6 Å². The highest BCUT2D eigenvalue weighted by molar-refractivity contribution is 5.46. The van der Waals surface area contributed by atoms with Gasteiger partial charge >= 0.3 is 0 Å². The Bertz CT molecular complexity index is 365. The minimum absolute atomic E-state index is 0.620. The van der Waals surface area contributed by atoms with Gasteiger partial charge in [0.25, 0.3) is 0 Å². The van der Waals surface area contributed by atoms with Gasteiger partial charge in [0.05, 0.1) is 5.60 Å². The Hall–Kier alpha value is -1.06. The maximum atomic E-state index is 9.87. The van der Waals surface area contributed by atoms with Crippen LogP contribution in [0.1, 0.15) is 26.3 Å². The smallest absolute Gasteiger partial charge is 0.0718 e. The van der Waals surface area contributed by atoms with Crippen LogP contribution in [-0.2, 0) is 6.42 Å². The SMILES string of the molecule is CCN(CCc1ccc(N(C)C)cc1)CC(C)(C)O. The first-order chi connectivity index (χ1) is 8.81. The second-order valence-corrected chi connectivity index (χ2v) is 5.99. The van der Waals surface area contributed by atoms with Gasteiger partial charge < -0.3 is 14.9 Å². The van der Waals surface area contributed by atoms with E-state index in [0.29, 0.717) is 0 Å². The lowest BCUT2D eigenvalue weighted by Gasteiger charge is -2.28. The predicted octanol–water partition coefficient (Wildman–Crippen LogP) is 2.39. The van der Waals surface area contributed by atoms with E-state index in [9.17, 15) is 5.11 Å². The fraction of sp³-hybridized carbons (Fsp3) is 0.625. The van der Waals surface area contributed by atoms with Crippen molar-refractivity contribution in [3.8, 4) is 0 Å². The highest BCUT2D eigenvalue weighted by Crippen LogP contribution is 2.13. The minimum Gasteiger partial charge on any atom is -0.389 e. The topological polar surface area (TPSA) is 26.7 Å². The van der Waals surface area contributed by atoms with E-state index >= 15 is 0 Å². The summed E-state index contributed by atoms with van der Waals surface area (Å²) in [6.45, 7) is 8.55. The minimum atomic E-state index is -0.620. The molecule has 1 aromatic rings. The molecule has 1 N–H and O–H groups in total. The van der Waals surface area contributed by atoms with Crippen LogP contribution in [-0.4, -0.2) is 49.3 Å². The second-order valence-electron chi connectivity index (χ2n) is 5.99. The summed E-state index contributed by atoms with van der Waals surface area (Å²) in [7, 11) is 4.11. The Labute approximate surface area is 117 Å². The van der Waals surface area contributed by atoms with Crippen LogP contribution < -0.4 is 4.90 Å². The van der Waals surface area contributed by atoms with Crippen LogP contribution in [0.4, 0.5) is 5.69 Å². The predicted molar refractivity (Wildman–Crippen MR) is 82.9 cm³/mol. The number of rotatable bonds is 7. The molecular weight excluding hydrogens is 236 g/mol. The van der Waals surface area contributed by atoms with E-state index in [2.05, 4.69) is 55.1 Å². The van der Waals surface area contributed by atoms with E-state index in [1.54, 1.807) is 0 Å². The van der Waals surface area contributed by atoms with Gasteiger partial charge in [0, 0.05) is 32.9 Å². The number of aliphatic hydroxyl groups is 1. The van der Waals surface area contributed by atoms with Crippen molar-refractivity contribution in [1.82, 2.24) is 4.90 Å². The molecular formula is C16H28N2O. The van der Waals surface area contributed by atoms with Gasteiger partial charge in [-0.25, -0.2) is 0 Å². The molecule has 0 aliphatic rings. The van der Waals surface area contributed by atoms with Crippen LogP contribution in [0, 0.1) is 0 Å². The van der Waals surface area contributed by atoms with Crippen molar-refractivity contribution in [2.45, 2.75) is 32.8 Å². The fourth-order valence-corrected chi connectivity index (χ4v) is 2.14. The molecule has 0 saturated carbocycles. The third kappa shape index (κ3) is 6.08. The summed E-state index contributed by atoms with van der Waals surface area (Å²) >= 11 is 0. The summed E-state index contributed by atoms with van der Waals surface area (Å²) in [5.74, 6) is 0. The van der Waals surface area contributed by atoms with Gasteiger partial charge in [0.2, 0.25) is 0 Å². The molecule has 0 aliphatic heterocycles. The molecule has 19 heavy (non-hydrogen) atoms. The van der Waals surface area contributed by atoms with Crippen molar-refractivity contribution in [3.05, 3.63) is 29.8 Å². The van der Waals surface area contributed by atoms with Gasteiger partial charge in [-0.15, -0.1) is 0 Å². The summed E-state index contributed by atoms with van der Waals surface area (Å²) in [5, 5.41) is 9.87. The molecule has 0 amide bonds. The summed E-state index contributed by atoms with van der Waals surface area (Å²) in [5.41, 5.74) is 1.96. The molecule has 0 radical (unpaired) electrons. The molecule has 3 nitrogen and oxygen atoms in total. The summed E-state index contributed by atoms with van der Waals surface area (Å²) in [4.78, 5) is 4.40. The van der Waals surface area contributed by atoms with Crippen LogP contribution in [0.25, 0.3) is 0 Å². The Balaban J connectivity index is 2.50. The number of benzene rings is 1. The van der Waals surface area contributed by atoms with Crippen molar-refractivity contribution in [3.63, 3.8) is 0 Å². The maximum Gasteiger partial charge on any atom is 0.0718 e. The average molecular weight is 264 g/mol. The largest absolute Gasteiger partial charge is 0.389 e. The maximum absolute atomic E-state index is 9.87. The quantitative estimate of drug-likeness (QED) is 0.819. The fourth-order valence-electron chi connectivity index (χ4n) is 2.14. The molecule has 0 atom stereocenters. The summed E-state index contributed by atoms with van der Waals surface area (Å²) in [6.07, 6.45) is 1.03. The lowest BCUT2D eigenvalue weighted by Crippen LogP contribution is -2.39. The number of likely N-dealkylation sites (N-methyl/N-ethyl adjacent to an activating group) is 1. The standard InChI is InChI=1S/C16H28N2O/c1-6-18(13-16(2,3)19)12-11-14-7-9-15(10-8-14)17(4)5/h7-10,19H,6,11-13H2,1-5H3. The average Bonchev–Trinajstić information content (AvgIpc) is 2.33. The van der Waals surface area contributed by atoms with Gasteiger partial charge in [-0.05, 0) is 44.5 Å². The third-order valence-corrected chi connectivity index (χ3v) is 3.23. The van der Waals surface area contributed by atoms with E-state index < -0.39 is 5.60 Å². The molecule has 0 fully saturated rings. The van der Waals surface area contributed by atoms with E-state index in [0.717, 1.165) is 26.1 Å². The first-order valence-electron chi connectivity index (χ1n) is 7.03. The Kier molecular flexibility index (Phi) is 5.83. The van der Waals surface area contributed by atoms with Crippen LogP contribution in [0.3, 0.4) is 0 Å². The third-order valence-electron chi connectivity index (χ3n) is 3.23. The highest BCUT2D eigenvalue weighted by atomic mass is 16.3. The molecule has 1 rings (SSSR count). The van der Waals surface area contributed by atoms with Crippen molar-refractivity contribution in [1.29, 1.82) is 0 Å². The molecule has 1 aromatic carbocycles. The molecule has 108 valence electrons. The normalized spacial score (nSPS) is 11.9. The lowest BCUT2D eigenvalue weighted by atomic mass is 10.1. The molecule has 0 aliphatic carbocycles. The number of nitrogens with zero attached hydrogens (tertiary/aromatic N) is 2. The molecule has 0 saturated heterocycles. The number of hydrogen-bond donors (Lipinski definition) is 1. The van der Waals surface area contributed by atoms with Gasteiger partial charge in [-0.1, -0.05) is 19.1 Å². The summed E-state index contributed by atoms with van der Waals surface area (Å²) < 4.78 is 0. The Morgan fingerprint density at radius 3 is 2.11 bits per heavy atom. The van der Waals surface area contributed by atoms with Crippen LogP contribution >= 0.6 is 0 Å². The Morgan fingerprint density at radius 2 is 1.68 bits per heavy atom. The molecule has 0 spiro atoms. The van der Waals surface area contributed by atoms with Crippen LogP contribution in [0.2, 0.25) is 0 Å². The molecule has 0 aromatic heterocycles. The first kappa shape index (κ1) is 16.0. The van der Waals surface area contributed by atoms with Gasteiger partial charge in [-0.3, -0.25) is 0 Å². The van der Waals surface area contributed by atoms with E-state index in [-0.39, 0.29) is 0 Å². The second kappa shape index (κ2) is 6.92. The van der Waals surface area contributed by atoms with Crippen molar-refractivity contribution < 1.29 is 5.11 Å². The lowest BCUT2D eigenvalue weighted by molar-refractivity contribution is 0.0382. The number of anilines is 1. The zero-order valence-electron chi connectivity index (χ0n) is 13.0. The van der Waals surface area contributed by atoms with E-state index in [1.807, 2.05) is 13.8 Å². The zero-order chi connectivity index (χ0) is 14.5. The van der Waals surface area contributed by atoms with Crippen LogP contribution in [0.5, 0.6) is 0 Å². The van der Waals surface area contributed by atoms with Crippen molar-refractivity contribution >= 4 is 5.69 Å². The van der Waals surface area contributed by atoms with Gasteiger partial charge in [0.1, 0.15) is 0 Å². The zero-order valence-corrected chi connectivity index (χ0v) is 13.0. The van der Waals surface area contributed by atoms with Crippen molar-refractivity contribution in [2.24, 2.45) is 0 Å². The number of hydrogen-bond acceptors (Lipinski definition) is 3. The van der Waals surface area contributed by atoms with Gasteiger partial charge in [0.15, 0.2) is 0 Å². The molecule has 0 heterocycles. The highest BCUT2D eigenvalue weighted by Gasteiger charge is 2.16. The summed E-state index contributed by atoms with van der Waals surface area (Å²) in [6, 6.07) is 8.68. The molecule has 3 heteroatoms. The first-order valence-corrected chi connectivity index (χ1v) is 7.03. The monoisotopic (exact) mass is 264 g/mol. The van der Waals surface area contributed by atoms with E-state index in [4.69, 9.17) is 0 Å². The van der Waals surface area contributed by atoms with E-state index in [1.165, 1.54) is 11.3 Å². The molecule has 0 bridgehead atoms.